The third-order valence-corrected chi connectivity index (χ3v) is 0.705. The molecule has 0 spiro atoms. The quantitative estimate of drug-likeness (QED) is 0.561. The summed E-state index contributed by atoms with van der Waals surface area (Å²) in [6.45, 7) is 5.13. The fourth-order valence-electron chi connectivity index (χ4n) is 0.334. The van der Waals surface area contributed by atoms with Crippen molar-refractivity contribution in [2.75, 3.05) is 0 Å². The second kappa shape index (κ2) is 3.45. The van der Waals surface area contributed by atoms with Gasteiger partial charge in [-0.1, -0.05) is 0 Å². The molecule has 0 amide bonds. The summed E-state index contributed by atoms with van der Waals surface area (Å²) >= 11 is 0. The third kappa shape index (κ3) is 3.97. The first-order valence-electron chi connectivity index (χ1n) is 3.45. The molecule has 3 nitrogen and oxygen atoms in total. The maximum absolute atomic E-state index is 10.8. The first-order valence-corrected chi connectivity index (χ1v) is 2.95. The summed E-state index contributed by atoms with van der Waals surface area (Å²) in [5, 5.41) is 0. The van der Waals surface area contributed by atoms with Gasteiger partial charge in [0.05, 0.1) is 6.10 Å². The molecule has 0 aliphatic rings. The molecule has 3 heteroatoms. The van der Waals surface area contributed by atoms with Crippen LogP contribution < -0.4 is 5.73 Å². The molecule has 0 saturated heterocycles. The fourth-order valence-corrected chi connectivity index (χ4v) is 0.334. The molecular formula is C6H13NO2. The summed E-state index contributed by atoms with van der Waals surface area (Å²) in [6, 6.07) is -0.539. The van der Waals surface area contributed by atoms with Gasteiger partial charge < -0.3 is 10.5 Å². The second-order valence-corrected chi connectivity index (χ2v) is 2.21. The molecule has 54 valence electrons. The zero-order valence-corrected chi connectivity index (χ0v) is 5.97. The third-order valence-electron chi connectivity index (χ3n) is 0.705. The van der Waals surface area contributed by atoms with Crippen LogP contribution in [0.15, 0.2) is 0 Å². The Labute approximate surface area is 56.6 Å². The van der Waals surface area contributed by atoms with Crippen molar-refractivity contribution in [3.05, 3.63) is 0 Å². The van der Waals surface area contributed by atoms with Crippen LogP contribution in [0.2, 0.25) is 1.41 Å². The van der Waals surface area contributed by atoms with Crippen LogP contribution in [0.1, 0.15) is 20.8 Å². The largest absolute Gasteiger partial charge is 0.462 e. The fraction of sp³-hybridized carbons (Fsp3) is 0.833. The molecule has 0 radical (unpaired) electrons. The lowest BCUT2D eigenvalue weighted by molar-refractivity contribution is -0.148. The van der Waals surface area contributed by atoms with Crippen molar-refractivity contribution >= 4 is 5.97 Å². The maximum atomic E-state index is 10.8. The molecule has 0 aromatic rings. The van der Waals surface area contributed by atoms with Crippen LogP contribution in [-0.4, -0.2) is 18.1 Å². The Balaban J connectivity index is 3.62. The first kappa shape index (κ1) is 6.55. The van der Waals surface area contributed by atoms with Gasteiger partial charge in [0.25, 0.3) is 0 Å². The molecule has 0 aliphatic heterocycles. The van der Waals surface area contributed by atoms with E-state index in [4.69, 9.17) is 6.15 Å². The van der Waals surface area contributed by atoms with Crippen LogP contribution in [0.5, 0.6) is 0 Å². The van der Waals surface area contributed by atoms with Gasteiger partial charge >= 0.3 is 5.97 Å². The summed E-state index contributed by atoms with van der Waals surface area (Å²) in [5.41, 5.74) is 2.05. The van der Waals surface area contributed by atoms with Gasteiger partial charge in [0.2, 0.25) is 0 Å². The van der Waals surface area contributed by atoms with Crippen molar-refractivity contribution in [1.82, 2.24) is 0 Å². The molecular weight excluding hydrogens is 118 g/mol. The van der Waals surface area contributed by atoms with Gasteiger partial charge in [0.1, 0.15) is 7.45 Å². The van der Waals surface area contributed by atoms with Gasteiger partial charge in [-0.05, 0) is 20.8 Å². The number of rotatable bonds is 3. The molecule has 9 heavy (non-hydrogen) atoms. The minimum Gasteiger partial charge on any atom is -0.462 e. The van der Waals surface area contributed by atoms with Gasteiger partial charge in [-0.15, -0.1) is 0 Å². The zero-order chi connectivity index (χ0) is 8.15. The Morgan fingerprint density at radius 3 is 2.56 bits per heavy atom. The normalized spacial score (nSPS) is 14.9. The topological polar surface area (TPSA) is 52.3 Å². The molecule has 0 aromatic heterocycles. The smallest absolute Gasteiger partial charge is 0.322 e. The van der Waals surface area contributed by atoms with E-state index >= 15 is 0 Å². The highest BCUT2D eigenvalue weighted by Gasteiger charge is 2.09. The van der Waals surface area contributed by atoms with E-state index in [0.29, 0.717) is 0 Å². The zero-order valence-electron chi connectivity index (χ0n) is 6.97. The van der Waals surface area contributed by atoms with Crippen molar-refractivity contribution in [2.24, 2.45) is 5.73 Å². The van der Waals surface area contributed by atoms with Crippen molar-refractivity contribution in [2.45, 2.75) is 32.9 Å². The van der Waals surface area contributed by atoms with Crippen LogP contribution in [0.3, 0.4) is 0 Å². The van der Waals surface area contributed by atoms with Crippen LogP contribution in [0.4, 0.5) is 0 Å². The van der Waals surface area contributed by atoms with E-state index in [1.54, 1.807) is 20.8 Å². The Kier molecular flexibility index (Phi) is 2.51. The molecule has 0 unspecified atom stereocenters. The molecule has 0 bridgehead atoms. The number of nitrogens with two attached hydrogens (primary N) is 1. The van der Waals surface area contributed by atoms with Crippen LogP contribution in [0.25, 0.3) is 0 Å². The average molecular weight is 132 g/mol. The summed E-state index contributed by atoms with van der Waals surface area (Å²) < 4.78 is 11.4. The van der Waals surface area contributed by atoms with Crippen molar-refractivity contribution in [1.29, 1.82) is 0 Å². The number of hydrogen-bond donors (Lipinski definition) is 1. The Bertz CT molecular complexity index is 116. The highest BCUT2D eigenvalue weighted by molar-refractivity contribution is 5.74. The second-order valence-electron chi connectivity index (χ2n) is 2.21. The lowest BCUT2D eigenvalue weighted by Crippen LogP contribution is -2.30. The number of esters is 1. The Morgan fingerprint density at radius 2 is 2.22 bits per heavy atom. The molecule has 0 fully saturated rings. The van der Waals surface area contributed by atoms with Crippen LogP contribution in [-0.2, 0) is 9.53 Å². The van der Waals surface area contributed by atoms with E-state index < -0.39 is 6.04 Å². The monoisotopic (exact) mass is 132 g/mol. The van der Waals surface area contributed by atoms with E-state index in [1.165, 1.54) is 0 Å². The lowest BCUT2D eigenvalue weighted by Gasteiger charge is -2.08. The minimum atomic E-state index is -0.539. The van der Waals surface area contributed by atoms with E-state index in [2.05, 4.69) is 0 Å². The number of carbonyl (C=O) groups excluding carboxylic acids is 1. The molecule has 0 heterocycles. The predicted molar refractivity (Wildman–Crippen MR) is 34.9 cm³/mol. The maximum Gasteiger partial charge on any atom is 0.322 e. The van der Waals surface area contributed by atoms with E-state index in [9.17, 15) is 4.79 Å². The Hall–Kier alpha value is -0.570. The van der Waals surface area contributed by atoms with Crippen molar-refractivity contribution < 1.29 is 10.9 Å². The van der Waals surface area contributed by atoms with Gasteiger partial charge in [0.15, 0.2) is 0 Å². The molecule has 1 atom stereocenters. The summed E-state index contributed by atoms with van der Waals surface area (Å²) in [7, 11) is 0. The highest BCUT2D eigenvalue weighted by atomic mass is 16.5. The van der Waals surface area contributed by atoms with Gasteiger partial charge in [0, 0.05) is 0 Å². The molecule has 0 aromatic carbocycles. The molecule has 0 rings (SSSR count). The highest BCUT2D eigenvalue weighted by Crippen LogP contribution is 1.90. The summed E-state index contributed by atoms with van der Waals surface area (Å²) in [4.78, 5) is 10.8. The van der Waals surface area contributed by atoms with Gasteiger partial charge in [-0.3, -0.25) is 4.79 Å². The summed E-state index contributed by atoms with van der Waals surface area (Å²) in [6.07, 6.45) is -0.108. The van der Waals surface area contributed by atoms with Crippen molar-refractivity contribution in [3.8, 4) is 0 Å². The number of ether oxygens (including phenoxy) is 1. The first-order chi connectivity index (χ1) is 4.57. The van der Waals surface area contributed by atoms with E-state index in [1.807, 2.05) is 5.73 Å². The lowest BCUT2D eigenvalue weighted by atomic mass is 10.4. The van der Waals surface area contributed by atoms with E-state index in [0.717, 1.165) is 0 Å². The molecule has 2 N–H and O–H groups in total. The van der Waals surface area contributed by atoms with E-state index in [-0.39, 0.29) is 12.1 Å². The SMILES string of the molecule is [2H]N[C@@H](C)C(=O)OC(C)C. The van der Waals surface area contributed by atoms with Gasteiger partial charge in [-0.2, -0.15) is 0 Å². The minimum absolute atomic E-state index is 0.108. The molecule has 0 saturated carbocycles. The number of hydrogen-bond acceptors (Lipinski definition) is 3. The molecule has 0 aliphatic carbocycles. The standard InChI is InChI=1S/C6H13NO2/c1-4(2)9-6(8)5(3)7/h4-5H,7H2,1-3H3/t5-/m0/s1/i/hD. The average Bonchev–Trinajstić information content (AvgIpc) is 1.85. The van der Waals surface area contributed by atoms with Gasteiger partial charge in [-0.25, -0.2) is 0 Å². The van der Waals surface area contributed by atoms with Crippen LogP contribution >= 0.6 is 0 Å². The predicted octanol–water partition coefficient (Wildman–Crippen LogP) is 0.285. The Morgan fingerprint density at radius 1 is 1.67 bits per heavy atom. The van der Waals surface area contributed by atoms with Crippen LogP contribution in [0, 0.1) is 0 Å². The summed E-state index contributed by atoms with van der Waals surface area (Å²) in [5.74, 6) is -0.384. The van der Waals surface area contributed by atoms with Crippen molar-refractivity contribution in [3.63, 3.8) is 0 Å². The number of carbonyl (C=O) groups is 1.